The van der Waals surface area contributed by atoms with Crippen molar-refractivity contribution in [3.8, 4) is 0 Å². The quantitative estimate of drug-likeness (QED) is 0.259. The van der Waals surface area contributed by atoms with Gasteiger partial charge in [-0.25, -0.2) is 0 Å². The zero-order valence-electron chi connectivity index (χ0n) is 3.92. The molecule has 0 fully saturated rings. The van der Waals surface area contributed by atoms with Crippen LogP contribution in [-0.2, 0) is 0 Å². The summed E-state index contributed by atoms with van der Waals surface area (Å²) in [6.07, 6.45) is 0. The zero-order valence-corrected chi connectivity index (χ0v) is 4.92. The summed E-state index contributed by atoms with van der Waals surface area (Å²) in [4.78, 5) is 0. The standard InChI is InChI=1S/BH3O3.Na.H/c2-1(3)4;;/h2-4H;;/q;+1;-1. The maximum Gasteiger partial charge on any atom is 1.00 e. The van der Waals surface area contributed by atoms with Crippen LogP contribution in [0, 0.1) is 0 Å². The van der Waals surface area contributed by atoms with Crippen molar-refractivity contribution in [1.29, 1.82) is 0 Å². The van der Waals surface area contributed by atoms with E-state index in [1.165, 1.54) is 0 Å². The van der Waals surface area contributed by atoms with Crippen LogP contribution in [0.25, 0.3) is 0 Å². The van der Waals surface area contributed by atoms with Crippen molar-refractivity contribution in [2.45, 2.75) is 0 Å². The molecule has 0 bridgehead atoms. The number of rotatable bonds is 0. The first-order valence-electron chi connectivity index (χ1n) is 0.775. The van der Waals surface area contributed by atoms with E-state index in [4.69, 9.17) is 15.1 Å². The molecule has 0 aromatic heterocycles. The second-order valence-electron chi connectivity index (χ2n) is 0.346. The minimum atomic E-state index is -2.17. The second-order valence-corrected chi connectivity index (χ2v) is 0.346. The van der Waals surface area contributed by atoms with Crippen molar-refractivity contribution in [1.82, 2.24) is 0 Å². The Morgan fingerprint density at radius 1 is 1.20 bits per heavy atom. The Kier molecular flexibility index (Phi) is 9.24. The Balaban J connectivity index is -0.0000000450. The van der Waals surface area contributed by atoms with Crippen LogP contribution in [0.2, 0.25) is 0 Å². The molecule has 0 rings (SSSR count). The molecule has 0 saturated heterocycles. The molecular weight excluding hydrogens is 81.8 g/mol. The summed E-state index contributed by atoms with van der Waals surface area (Å²) < 4.78 is 0. The number of hydrogen-bond acceptors (Lipinski definition) is 3. The average Bonchev–Trinajstić information content (AvgIpc) is 0.811. The fourth-order valence-corrected chi connectivity index (χ4v) is 0. The maximum absolute atomic E-state index is 7.17. The Hall–Kier alpha value is 0.945. The van der Waals surface area contributed by atoms with Gasteiger partial charge in [-0.2, -0.15) is 0 Å². The molecule has 0 aliphatic carbocycles. The van der Waals surface area contributed by atoms with Crippen LogP contribution in [0.1, 0.15) is 1.43 Å². The third kappa shape index (κ3) is 48.0. The first-order valence-corrected chi connectivity index (χ1v) is 0.775. The SMILES string of the molecule is OB(O)O.[H-].[Na+]. The molecule has 5 heteroatoms. The van der Waals surface area contributed by atoms with Crippen LogP contribution >= 0.6 is 0 Å². The molecule has 0 radical (unpaired) electrons. The van der Waals surface area contributed by atoms with Crippen LogP contribution in [0.15, 0.2) is 0 Å². The summed E-state index contributed by atoms with van der Waals surface area (Å²) in [5.74, 6) is 0. The molecule has 0 unspecified atom stereocenters. The van der Waals surface area contributed by atoms with Gasteiger partial charge in [0.2, 0.25) is 0 Å². The largest absolute Gasteiger partial charge is 1.00 e. The van der Waals surface area contributed by atoms with Crippen molar-refractivity contribution in [2.24, 2.45) is 0 Å². The van der Waals surface area contributed by atoms with E-state index in [-0.39, 0.29) is 31.0 Å². The van der Waals surface area contributed by atoms with Gasteiger partial charge >= 0.3 is 36.9 Å². The van der Waals surface area contributed by atoms with E-state index in [0.29, 0.717) is 0 Å². The molecule has 0 amide bonds. The van der Waals surface area contributed by atoms with Gasteiger partial charge in [0.05, 0.1) is 0 Å². The van der Waals surface area contributed by atoms with Crippen molar-refractivity contribution >= 4 is 7.32 Å². The molecule has 0 atom stereocenters. The van der Waals surface area contributed by atoms with E-state index in [2.05, 4.69) is 0 Å². The van der Waals surface area contributed by atoms with E-state index in [0.717, 1.165) is 0 Å². The summed E-state index contributed by atoms with van der Waals surface area (Å²) in [6.45, 7) is 0. The monoisotopic (exact) mass is 86.0 g/mol. The van der Waals surface area contributed by atoms with Gasteiger partial charge in [0, 0.05) is 0 Å². The summed E-state index contributed by atoms with van der Waals surface area (Å²) >= 11 is 0. The zero-order chi connectivity index (χ0) is 3.58. The first-order chi connectivity index (χ1) is 1.73. The van der Waals surface area contributed by atoms with E-state index < -0.39 is 7.32 Å². The topological polar surface area (TPSA) is 60.7 Å². The molecule has 0 heterocycles. The molecule has 0 saturated carbocycles. The van der Waals surface area contributed by atoms with Crippen LogP contribution in [0.4, 0.5) is 0 Å². The van der Waals surface area contributed by atoms with Crippen molar-refractivity contribution in [2.75, 3.05) is 0 Å². The third-order valence-corrected chi connectivity index (χ3v) is 0. The first kappa shape index (κ1) is 9.34. The molecule has 0 aliphatic heterocycles. The van der Waals surface area contributed by atoms with Gasteiger partial charge in [0.1, 0.15) is 0 Å². The Morgan fingerprint density at radius 3 is 1.20 bits per heavy atom. The van der Waals surface area contributed by atoms with Gasteiger partial charge in [0.15, 0.2) is 0 Å². The molecule has 0 aliphatic rings. The molecular formula is H4BNaO3. The normalized spacial score (nSPS) is 5.40. The van der Waals surface area contributed by atoms with Gasteiger partial charge < -0.3 is 16.5 Å². The van der Waals surface area contributed by atoms with Gasteiger partial charge in [-0.15, -0.1) is 0 Å². The minimum absolute atomic E-state index is 0. The van der Waals surface area contributed by atoms with E-state index >= 15 is 0 Å². The maximum atomic E-state index is 7.17. The molecule has 26 valence electrons. The summed E-state index contributed by atoms with van der Waals surface area (Å²) in [6, 6.07) is 0. The Labute approximate surface area is 53.6 Å². The van der Waals surface area contributed by atoms with Crippen LogP contribution in [0.5, 0.6) is 0 Å². The minimum Gasteiger partial charge on any atom is -1.00 e. The van der Waals surface area contributed by atoms with Crippen LogP contribution < -0.4 is 29.6 Å². The summed E-state index contributed by atoms with van der Waals surface area (Å²) in [5.41, 5.74) is 0. The van der Waals surface area contributed by atoms with Gasteiger partial charge in [0.25, 0.3) is 0 Å². The fourth-order valence-electron chi connectivity index (χ4n) is 0. The van der Waals surface area contributed by atoms with Crippen molar-refractivity contribution in [3.05, 3.63) is 0 Å². The predicted molar refractivity (Wildman–Crippen MR) is 13.5 cm³/mol. The molecule has 3 nitrogen and oxygen atoms in total. The van der Waals surface area contributed by atoms with E-state index in [9.17, 15) is 0 Å². The van der Waals surface area contributed by atoms with Gasteiger partial charge in [-0.05, 0) is 0 Å². The Bertz CT molecular complexity index is 15.5. The summed E-state index contributed by atoms with van der Waals surface area (Å²) in [5, 5.41) is 21.5. The van der Waals surface area contributed by atoms with Gasteiger partial charge in [-0.1, -0.05) is 0 Å². The smallest absolute Gasteiger partial charge is 1.00 e. The molecule has 3 N–H and O–H groups in total. The Morgan fingerprint density at radius 2 is 1.20 bits per heavy atom. The second kappa shape index (κ2) is 4.94. The van der Waals surface area contributed by atoms with Crippen LogP contribution in [0.3, 0.4) is 0 Å². The molecule has 0 aromatic carbocycles. The fraction of sp³-hybridized carbons (Fsp3) is 0. The van der Waals surface area contributed by atoms with E-state index in [1.807, 2.05) is 0 Å². The predicted octanol–water partition coefficient (Wildman–Crippen LogP) is -4.94. The van der Waals surface area contributed by atoms with Crippen LogP contribution in [-0.4, -0.2) is 22.4 Å². The molecule has 0 aromatic rings. The van der Waals surface area contributed by atoms with Crippen molar-refractivity contribution in [3.63, 3.8) is 0 Å². The van der Waals surface area contributed by atoms with Crippen molar-refractivity contribution < 1.29 is 46.1 Å². The number of hydrogen-bond donors (Lipinski definition) is 3. The summed E-state index contributed by atoms with van der Waals surface area (Å²) in [7, 11) is -2.17. The van der Waals surface area contributed by atoms with Gasteiger partial charge in [-0.3, -0.25) is 0 Å². The third-order valence-electron chi connectivity index (χ3n) is 0. The molecule has 0 spiro atoms. The average molecular weight is 85.8 g/mol. The molecule has 5 heavy (non-hydrogen) atoms. The van der Waals surface area contributed by atoms with E-state index in [1.54, 1.807) is 0 Å².